The topological polar surface area (TPSA) is 92.2 Å². The normalized spacial score (nSPS) is 12.1. The Labute approximate surface area is 194 Å². The molecule has 0 spiro atoms. The Kier molecular flexibility index (Phi) is 7.72. The van der Waals surface area contributed by atoms with E-state index in [-0.39, 0.29) is 17.8 Å². The third kappa shape index (κ3) is 6.47. The van der Waals surface area contributed by atoms with Crippen LogP contribution in [0.1, 0.15) is 23.7 Å². The van der Waals surface area contributed by atoms with Gasteiger partial charge >= 0.3 is 6.18 Å². The van der Waals surface area contributed by atoms with Crippen LogP contribution in [-0.2, 0) is 17.4 Å². The van der Waals surface area contributed by atoms with E-state index in [0.717, 1.165) is 22.9 Å². The number of alkyl halides is 3. The Balaban J connectivity index is 1.63. The van der Waals surface area contributed by atoms with Gasteiger partial charge in [-0.25, -0.2) is 9.97 Å². The molecule has 0 bridgehead atoms. The molecule has 2 aromatic heterocycles. The van der Waals surface area contributed by atoms with Crippen LogP contribution in [0.2, 0.25) is 0 Å². The molecule has 1 aromatic carbocycles. The number of amides is 1. The Morgan fingerprint density at radius 3 is 2.29 bits per heavy atom. The van der Waals surface area contributed by atoms with Crippen molar-refractivity contribution in [3.05, 3.63) is 77.5 Å². The van der Waals surface area contributed by atoms with Gasteiger partial charge in [-0.2, -0.15) is 13.2 Å². The average Bonchev–Trinajstić information content (AvgIpc) is 2.80. The highest BCUT2D eigenvalue weighted by Gasteiger charge is 2.33. The SMILES string of the molecule is C/C=C(\C=NC)Nc1ncc(-c2ccc(CC(=O)Nc3cnc(C)c(C(F)(F)F)c3)cc2)cn1. The van der Waals surface area contributed by atoms with Crippen molar-refractivity contribution in [2.24, 2.45) is 4.99 Å². The molecule has 34 heavy (non-hydrogen) atoms. The van der Waals surface area contributed by atoms with Crippen LogP contribution in [0.15, 0.2) is 65.7 Å². The van der Waals surface area contributed by atoms with E-state index in [1.807, 2.05) is 25.1 Å². The highest BCUT2D eigenvalue weighted by Crippen LogP contribution is 2.32. The van der Waals surface area contributed by atoms with Crippen LogP contribution in [0.5, 0.6) is 0 Å². The predicted molar refractivity (Wildman–Crippen MR) is 126 cm³/mol. The maximum Gasteiger partial charge on any atom is 0.418 e. The van der Waals surface area contributed by atoms with Crippen molar-refractivity contribution in [1.82, 2.24) is 15.0 Å². The van der Waals surface area contributed by atoms with E-state index in [9.17, 15) is 18.0 Å². The second-order valence-electron chi connectivity index (χ2n) is 7.33. The minimum absolute atomic E-state index is 0.0000232. The summed E-state index contributed by atoms with van der Waals surface area (Å²) in [6, 6.07) is 8.07. The molecule has 0 radical (unpaired) electrons. The van der Waals surface area contributed by atoms with Crippen LogP contribution >= 0.6 is 0 Å². The summed E-state index contributed by atoms with van der Waals surface area (Å²) in [5, 5.41) is 5.52. The maximum atomic E-state index is 13.0. The second-order valence-corrected chi connectivity index (χ2v) is 7.33. The number of allylic oxidation sites excluding steroid dienone is 2. The zero-order chi connectivity index (χ0) is 24.7. The molecule has 0 saturated carbocycles. The number of anilines is 2. The molecule has 2 N–H and O–H groups in total. The number of pyridine rings is 1. The maximum absolute atomic E-state index is 13.0. The average molecular weight is 468 g/mol. The molecule has 0 atom stereocenters. The fraction of sp³-hybridized carbons (Fsp3) is 0.208. The first-order chi connectivity index (χ1) is 16.2. The monoisotopic (exact) mass is 468 g/mol. The Morgan fingerprint density at radius 2 is 1.71 bits per heavy atom. The van der Waals surface area contributed by atoms with Crippen LogP contribution in [0, 0.1) is 6.92 Å². The Morgan fingerprint density at radius 1 is 1.03 bits per heavy atom. The van der Waals surface area contributed by atoms with E-state index in [2.05, 4.69) is 30.6 Å². The summed E-state index contributed by atoms with van der Waals surface area (Å²) in [4.78, 5) is 28.6. The van der Waals surface area contributed by atoms with Crippen molar-refractivity contribution < 1.29 is 18.0 Å². The number of halogens is 3. The van der Waals surface area contributed by atoms with E-state index in [1.165, 1.54) is 13.1 Å². The largest absolute Gasteiger partial charge is 0.418 e. The lowest BCUT2D eigenvalue weighted by Gasteiger charge is -2.12. The number of hydrogen-bond acceptors (Lipinski definition) is 6. The smallest absolute Gasteiger partial charge is 0.324 e. The van der Waals surface area contributed by atoms with Gasteiger partial charge in [-0.3, -0.25) is 14.8 Å². The first-order valence-electron chi connectivity index (χ1n) is 10.3. The number of aliphatic imine (C=N–C) groups is 1. The van der Waals surface area contributed by atoms with Gasteiger partial charge in [-0.05, 0) is 31.0 Å². The molecule has 0 fully saturated rings. The van der Waals surface area contributed by atoms with Gasteiger partial charge in [0, 0.05) is 36.9 Å². The molecule has 0 aliphatic heterocycles. The molecule has 176 valence electrons. The molecule has 0 aliphatic carbocycles. The highest BCUT2D eigenvalue weighted by molar-refractivity contribution is 5.92. The first kappa shape index (κ1) is 24.6. The van der Waals surface area contributed by atoms with Gasteiger partial charge in [0.05, 0.1) is 29.6 Å². The van der Waals surface area contributed by atoms with Crippen LogP contribution < -0.4 is 10.6 Å². The molecule has 0 aliphatic rings. The predicted octanol–water partition coefficient (Wildman–Crippen LogP) is 5.06. The van der Waals surface area contributed by atoms with E-state index >= 15 is 0 Å². The number of nitrogens with one attached hydrogen (secondary N) is 2. The van der Waals surface area contributed by atoms with Crippen molar-refractivity contribution >= 4 is 23.8 Å². The third-order valence-corrected chi connectivity index (χ3v) is 4.82. The fourth-order valence-electron chi connectivity index (χ4n) is 3.08. The molecule has 7 nitrogen and oxygen atoms in total. The number of nitrogens with zero attached hydrogens (tertiary/aromatic N) is 4. The number of hydrogen-bond donors (Lipinski definition) is 2. The van der Waals surface area contributed by atoms with E-state index in [4.69, 9.17) is 0 Å². The van der Waals surface area contributed by atoms with Gasteiger partial charge < -0.3 is 10.6 Å². The number of rotatable bonds is 7. The summed E-state index contributed by atoms with van der Waals surface area (Å²) >= 11 is 0. The number of carbonyl (C=O) groups is 1. The van der Waals surface area contributed by atoms with Crippen molar-refractivity contribution in [3.63, 3.8) is 0 Å². The van der Waals surface area contributed by atoms with Crippen molar-refractivity contribution in [1.29, 1.82) is 0 Å². The minimum atomic E-state index is -4.54. The lowest BCUT2D eigenvalue weighted by atomic mass is 10.0. The molecule has 0 unspecified atom stereocenters. The van der Waals surface area contributed by atoms with Crippen LogP contribution in [0.4, 0.5) is 24.8 Å². The van der Waals surface area contributed by atoms with Gasteiger partial charge in [0.1, 0.15) is 0 Å². The summed E-state index contributed by atoms with van der Waals surface area (Å²) in [6.07, 6.45) is 3.54. The van der Waals surface area contributed by atoms with E-state index in [1.54, 1.807) is 37.8 Å². The van der Waals surface area contributed by atoms with Crippen molar-refractivity contribution in [2.75, 3.05) is 17.7 Å². The third-order valence-electron chi connectivity index (χ3n) is 4.82. The summed E-state index contributed by atoms with van der Waals surface area (Å²) in [5.41, 5.74) is 2.09. The molecule has 10 heteroatoms. The summed E-state index contributed by atoms with van der Waals surface area (Å²) in [5.74, 6) is -0.00925. The minimum Gasteiger partial charge on any atom is -0.324 e. The van der Waals surface area contributed by atoms with Gasteiger partial charge in [0.15, 0.2) is 0 Å². The molecule has 3 aromatic rings. The number of aromatic nitrogens is 3. The van der Waals surface area contributed by atoms with Crippen molar-refractivity contribution in [2.45, 2.75) is 26.4 Å². The molecule has 0 saturated heterocycles. The van der Waals surface area contributed by atoms with Crippen LogP contribution in [-0.4, -0.2) is 34.1 Å². The Hall–Kier alpha value is -4.08. The fourth-order valence-corrected chi connectivity index (χ4v) is 3.08. The van der Waals surface area contributed by atoms with Crippen LogP contribution in [0.25, 0.3) is 11.1 Å². The molecule has 1 amide bonds. The lowest BCUT2D eigenvalue weighted by Crippen LogP contribution is -2.16. The summed E-state index contributed by atoms with van der Waals surface area (Å²) in [6.45, 7) is 3.14. The molecule has 3 rings (SSSR count). The molecular weight excluding hydrogens is 445 g/mol. The second kappa shape index (κ2) is 10.7. The van der Waals surface area contributed by atoms with Crippen molar-refractivity contribution in [3.8, 4) is 11.1 Å². The molecule has 2 heterocycles. The van der Waals surface area contributed by atoms with Gasteiger partial charge in [0.2, 0.25) is 11.9 Å². The summed E-state index contributed by atoms with van der Waals surface area (Å²) < 4.78 is 39.1. The van der Waals surface area contributed by atoms with E-state index in [0.29, 0.717) is 11.5 Å². The molecular formula is C24H23F3N6O. The highest BCUT2D eigenvalue weighted by atomic mass is 19.4. The van der Waals surface area contributed by atoms with Crippen LogP contribution in [0.3, 0.4) is 0 Å². The zero-order valence-electron chi connectivity index (χ0n) is 18.8. The Bertz CT molecular complexity index is 1200. The van der Waals surface area contributed by atoms with Gasteiger partial charge in [0.25, 0.3) is 0 Å². The van der Waals surface area contributed by atoms with E-state index < -0.39 is 17.6 Å². The number of aryl methyl sites for hydroxylation is 1. The zero-order valence-corrected chi connectivity index (χ0v) is 18.8. The lowest BCUT2D eigenvalue weighted by molar-refractivity contribution is -0.138. The standard InChI is InChI=1S/C24H23F3N6O/c1-4-19(13-28-3)33-23-30-11-18(12-31-23)17-7-5-16(6-8-17)9-22(34)32-20-10-21(24(25,26)27)15(2)29-14-20/h4-8,10-14H,9H2,1-3H3,(H,32,34)(H,30,31,33)/b19-4+,28-13?. The van der Waals surface area contributed by atoms with Gasteiger partial charge in [-0.15, -0.1) is 0 Å². The quantitative estimate of drug-likeness (QED) is 0.473. The number of benzene rings is 1. The summed E-state index contributed by atoms with van der Waals surface area (Å²) in [7, 11) is 1.67. The number of carbonyl (C=O) groups excluding carboxylic acids is 1. The van der Waals surface area contributed by atoms with Gasteiger partial charge in [-0.1, -0.05) is 30.3 Å². The first-order valence-corrected chi connectivity index (χ1v) is 10.3.